The third kappa shape index (κ3) is 8.05. The van der Waals surface area contributed by atoms with E-state index in [9.17, 15) is 0 Å². The van der Waals surface area contributed by atoms with Crippen LogP contribution in [0.1, 0.15) is 25.0 Å². The number of nitrogens with one attached hydrogen (secondary N) is 1. The fourth-order valence-corrected chi connectivity index (χ4v) is 1.45. The Bertz CT molecular complexity index is 377. The maximum absolute atomic E-state index is 5.77. The van der Waals surface area contributed by atoms with E-state index in [0.717, 1.165) is 17.7 Å². The van der Waals surface area contributed by atoms with Crippen LogP contribution in [0, 0.1) is 5.92 Å². The molecule has 0 saturated carbocycles. The zero-order chi connectivity index (χ0) is 13.4. The van der Waals surface area contributed by atoms with Gasteiger partial charge < -0.3 is 15.8 Å². The lowest BCUT2D eigenvalue weighted by Gasteiger charge is -2.08. The van der Waals surface area contributed by atoms with Gasteiger partial charge in [-0.15, -0.1) is 24.0 Å². The van der Waals surface area contributed by atoms with Gasteiger partial charge in [-0.1, -0.05) is 38.1 Å². The summed E-state index contributed by atoms with van der Waals surface area (Å²) in [6.07, 6.45) is 0. The van der Waals surface area contributed by atoms with Gasteiger partial charge in [0.1, 0.15) is 0 Å². The fraction of sp³-hybridized carbons (Fsp3) is 0.500. The summed E-state index contributed by atoms with van der Waals surface area (Å²) in [6.45, 7) is 6.36. The molecule has 0 radical (unpaired) electrons. The van der Waals surface area contributed by atoms with Crippen molar-refractivity contribution in [2.75, 3.05) is 13.7 Å². The van der Waals surface area contributed by atoms with Crippen LogP contribution in [-0.4, -0.2) is 19.6 Å². The number of hydrogen-bond acceptors (Lipinski definition) is 2. The van der Waals surface area contributed by atoms with Crippen LogP contribution in [0.2, 0.25) is 0 Å². The summed E-state index contributed by atoms with van der Waals surface area (Å²) in [4.78, 5) is 4.29. The number of ether oxygens (including phenoxy) is 1. The van der Waals surface area contributed by atoms with Crippen molar-refractivity contribution in [3.05, 3.63) is 35.4 Å². The van der Waals surface area contributed by atoms with Crippen LogP contribution in [0.25, 0.3) is 0 Å². The lowest BCUT2D eigenvalue weighted by Crippen LogP contribution is -2.34. The van der Waals surface area contributed by atoms with Crippen LogP contribution in [0.15, 0.2) is 29.3 Å². The van der Waals surface area contributed by atoms with E-state index >= 15 is 0 Å². The molecule has 1 rings (SSSR count). The van der Waals surface area contributed by atoms with Gasteiger partial charge in [0.25, 0.3) is 0 Å². The zero-order valence-corrected chi connectivity index (χ0v) is 14.2. The Morgan fingerprint density at radius 2 is 1.84 bits per heavy atom. The smallest absolute Gasteiger partial charge is 0.188 e. The molecule has 0 aliphatic carbocycles. The summed E-state index contributed by atoms with van der Waals surface area (Å²) in [5.41, 5.74) is 8.07. The summed E-state index contributed by atoms with van der Waals surface area (Å²) in [5, 5.41) is 3.09. The fourth-order valence-electron chi connectivity index (χ4n) is 1.45. The molecule has 0 heterocycles. The van der Waals surface area contributed by atoms with Crippen molar-refractivity contribution in [1.29, 1.82) is 0 Å². The van der Waals surface area contributed by atoms with Gasteiger partial charge in [0.05, 0.1) is 13.2 Å². The quantitative estimate of drug-likeness (QED) is 0.455. The highest BCUT2D eigenvalue weighted by molar-refractivity contribution is 14.0. The van der Waals surface area contributed by atoms with Crippen molar-refractivity contribution >= 4 is 29.9 Å². The van der Waals surface area contributed by atoms with Crippen molar-refractivity contribution in [1.82, 2.24) is 5.32 Å². The van der Waals surface area contributed by atoms with Crippen LogP contribution < -0.4 is 11.1 Å². The van der Waals surface area contributed by atoms with Gasteiger partial charge in [-0.2, -0.15) is 0 Å². The first kappa shape index (κ1) is 18.2. The summed E-state index contributed by atoms with van der Waals surface area (Å²) in [6, 6.07) is 8.19. The van der Waals surface area contributed by atoms with E-state index in [-0.39, 0.29) is 24.0 Å². The minimum Gasteiger partial charge on any atom is -0.380 e. The first-order chi connectivity index (χ1) is 8.61. The molecule has 5 heteroatoms. The second-order valence-electron chi connectivity index (χ2n) is 4.73. The standard InChI is InChI=1S/C14H23N3O.HI/c1-11(2)8-16-14(15)17-9-12-4-6-13(7-5-12)10-18-3;/h4-7,11H,8-10H2,1-3H3,(H3,15,16,17);1H. The molecule has 0 aromatic heterocycles. The van der Waals surface area contributed by atoms with Crippen LogP contribution >= 0.6 is 24.0 Å². The molecule has 0 fully saturated rings. The molecule has 4 nitrogen and oxygen atoms in total. The van der Waals surface area contributed by atoms with Crippen LogP contribution in [0.5, 0.6) is 0 Å². The van der Waals surface area contributed by atoms with E-state index in [2.05, 4.69) is 24.2 Å². The molecule has 1 aromatic carbocycles. The number of aliphatic imine (C=N–C) groups is 1. The van der Waals surface area contributed by atoms with Gasteiger partial charge >= 0.3 is 0 Å². The van der Waals surface area contributed by atoms with E-state index in [0.29, 0.717) is 25.0 Å². The molecule has 19 heavy (non-hydrogen) atoms. The highest BCUT2D eigenvalue weighted by Crippen LogP contribution is 2.06. The van der Waals surface area contributed by atoms with Crippen LogP contribution in [-0.2, 0) is 17.9 Å². The Morgan fingerprint density at radius 3 is 2.37 bits per heavy atom. The summed E-state index contributed by atoms with van der Waals surface area (Å²) < 4.78 is 5.06. The highest BCUT2D eigenvalue weighted by Gasteiger charge is 1.96. The van der Waals surface area contributed by atoms with Crippen molar-refractivity contribution < 1.29 is 4.74 Å². The van der Waals surface area contributed by atoms with Gasteiger partial charge in [0, 0.05) is 13.7 Å². The summed E-state index contributed by atoms with van der Waals surface area (Å²) in [5.74, 6) is 1.07. The molecule has 0 bridgehead atoms. The first-order valence-electron chi connectivity index (χ1n) is 6.22. The molecule has 108 valence electrons. The number of nitrogens with two attached hydrogens (primary N) is 1. The predicted octanol–water partition coefficient (Wildman–Crippen LogP) is 2.51. The summed E-state index contributed by atoms with van der Waals surface area (Å²) >= 11 is 0. The predicted molar refractivity (Wildman–Crippen MR) is 90.7 cm³/mol. The summed E-state index contributed by atoms with van der Waals surface area (Å²) in [7, 11) is 1.69. The number of hydrogen-bond donors (Lipinski definition) is 2. The second-order valence-corrected chi connectivity index (χ2v) is 4.73. The number of rotatable bonds is 6. The average molecular weight is 377 g/mol. The van der Waals surface area contributed by atoms with Gasteiger partial charge in [0.15, 0.2) is 5.96 Å². The number of nitrogens with zero attached hydrogens (tertiary/aromatic N) is 1. The van der Waals surface area contributed by atoms with Crippen molar-refractivity contribution in [2.24, 2.45) is 16.6 Å². The van der Waals surface area contributed by atoms with Crippen LogP contribution in [0.4, 0.5) is 0 Å². The number of benzene rings is 1. The maximum Gasteiger partial charge on any atom is 0.188 e. The minimum absolute atomic E-state index is 0. The normalized spacial score (nSPS) is 11.3. The Morgan fingerprint density at radius 1 is 1.26 bits per heavy atom. The third-order valence-electron chi connectivity index (χ3n) is 2.46. The molecule has 0 aliphatic heterocycles. The SMILES string of the molecule is COCc1ccc(CN=C(N)NCC(C)C)cc1.I. The van der Waals surface area contributed by atoms with Crippen LogP contribution in [0.3, 0.4) is 0 Å². The molecule has 3 N–H and O–H groups in total. The molecule has 0 saturated heterocycles. The first-order valence-corrected chi connectivity index (χ1v) is 6.22. The number of methoxy groups -OCH3 is 1. The molecular weight excluding hydrogens is 353 g/mol. The molecule has 0 atom stereocenters. The van der Waals surface area contributed by atoms with Crippen molar-refractivity contribution in [3.63, 3.8) is 0 Å². The Labute approximate surface area is 132 Å². The Balaban J connectivity index is 0.00000324. The molecule has 0 unspecified atom stereocenters. The molecule has 1 aromatic rings. The monoisotopic (exact) mass is 377 g/mol. The average Bonchev–Trinajstić information content (AvgIpc) is 2.36. The van der Waals surface area contributed by atoms with Crippen molar-refractivity contribution in [2.45, 2.75) is 27.0 Å². The maximum atomic E-state index is 5.77. The van der Waals surface area contributed by atoms with E-state index in [4.69, 9.17) is 10.5 Å². The van der Waals surface area contributed by atoms with E-state index in [1.807, 2.05) is 24.3 Å². The second kappa shape index (κ2) is 10.0. The Kier molecular flexibility index (Phi) is 9.59. The number of guanidine groups is 1. The van der Waals surface area contributed by atoms with Gasteiger partial charge in [-0.05, 0) is 17.0 Å². The largest absolute Gasteiger partial charge is 0.380 e. The Hall–Kier alpha value is -0.820. The van der Waals surface area contributed by atoms with Gasteiger partial charge in [-0.3, -0.25) is 0 Å². The van der Waals surface area contributed by atoms with E-state index in [1.54, 1.807) is 7.11 Å². The highest BCUT2D eigenvalue weighted by atomic mass is 127. The molecule has 0 spiro atoms. The third-order valence-corrected chi connectivity index (χ3v) is 2.46. The molecular formula is C14H24IN3O. The lowest BCUT2D eigenvalue weighted by molar-refractivity contribution is 0.185. The van der Waals surface area contributed by atoms with Crippen molar-refractivity contribution in [3.8, 4) is 0 Å². The lowest BCUT2D eigenvalue weighted by atomic mass is 10.1. The van der Waals surface area contributed by atoms with E-state index in [1.165, 1.54) is 0 Å². The zero-order valence-electron chi connectivity index (χ0n) is 11.8. The van der Waals surface area contributed by atoms with Gasteiger partial charge in [-0.25, -0.2) is 4.99 Å². The van der Waals surface area contributed by atoms with Gasteiger partial charge in [0.2, 0.25) is 0 Å². The minimum atomic E-state index is 0. The number of halogens is 1. The topological polar surface area (TPSA) is 59.6 Å². The van der Waals surface area contributed by atoms with E-state index < -0.39 is 0 Å². The molecule has 0 aliphatic rings. The molecule has 0 amide bonds.